The molecule has 1 aromatic carbocycles. The Labute approximate surface area is 112 Å². The molecule has 1 unspecified atom stereocenters. The number of aryl methyl sites for hydroxylation is 1. The highest BCUT2D eigenvalue weighted by Crippen LogP contribution is 2.09. The molecule has 0 fully saturated rings. The molecule has 18 heavy (non-hydrogen) atoms. The number of hydrogen-bond donors (Lipinski definition) is 1. The van der Waals surface area contributed by atoms with Crippen LogP contribution in [0.15, 0.2) is 30.3 Å². The van der Waals surface area contributed by atoms with Gasteiger partial charge in [-0.3, -0.25) is 0 Å². The molecule has 0 radical (unpaired) electrons. The highest BCUT2D eigenvalue weighted by atomic mass is 15.1. The molecule has 0 saturated heterocycles. The van der Waals surface area contributed by atoms with Crippen molar-refractivity contribution < 1.29 is 0 Å². The summed E-state index contributed by atoms with van der Waals surface area (Å²) >= 11 is 0. The van der Waals surface area contributed by atoms with E-state index in [9.17, 15) is 0 Å². The average Bonchev–Trinajstić information content (AvgIpc) is 2.39. The molecule has 2 nitrogen and oxygen atoms in total. The van der Waals surface area contributed by atoms with Crippen LogP contribution in [0.4, 0.5) is 0 Å². The van der Waals surface area contributed by atoms with Crippen molar-refractivity contribution in [3.63, 3.8) is 0 Å². The number of hydrogen-bond acceptors (Lipinski definition) is 2. The van der Waals surface area contributed by atoms with Gasteiger partial charge in [-0.15, -0.1) is 0 Å². The van der Waals surface area contributed by atoms with Crippen molar-refractivity contribution in [2.75, 3.05) is 13.6 Å². The molecule has 0 heterocycles. The molecular weight excluding hydrogens is 220 g/mol. The highest BCUT2D eigenvalue weighted by Gasteiger charge is 2.13. The minimum Gasteiger partial charge on any atom is -0.327 e. The topological polar surface area (TPSA) is 29.3 Å². The molecule has 1 aromatic rings. The summed E-state index contributed by atoms with van der Waals surface area (Å²) in [5.41, 5.74) is 7.62. The first-order chi connectivity index (χ1) is 8.67. The van der Waals surface area contributed by atoms with E-state index in [1.807, 2.05) is 0 Å². The molecule has 0 saturated carbocycles. The van der Waals surface area contributed by atoms with E-state index in [1.54, 1.807) is 0 Å². The zero-order valence-corrected chi connectivity index (χ0v) is 12.1. The second-order valence-electron chi connectivity index (χ2n) is 5.19. The maximum Gasteiger partial charge on any atom is 0.0170 e. The van der Waals surface area contributed by atoms with Gasteiger partial charge in [-0.2, -0.15) is 0 Å². The summed E-state index contributed by atoms with van der Waals surface area (Å²) in [6.07, 6.45) is 4.56. The van der Waals surface area contributed by atoms with Crippen LogP contribution in [0.3, 0.4) is 0 Å². The Kier molecular flexibility index (Phi) is 6.99. The van der Waals surface area contributed by atoms with E-state index in [0.29, 0.717) is 6.04 Å². The van der Waals surface area contributed by atoms with Crippen LogP contribution in [0.2, 0.25) is 0 Å². The van der Waals surface area contributed by atoms with Crippen LogP contribution in [0.1, 0.15) is 38.7 Å². The molecule has 0 aliphatic rings. The first-order valence-corrected chi connectivity index (χ1v) is 7.17. The normalized spacial score (nSPS) is 13.2. The molecule has 0 amide bonds. The van der Waals surface area contributed by atoms with Gasteiger partial charge < -0.3 is 10.6 Å². The number of rotatable bonds is 8. The Morgan fingerprint density at radius 2 is 1.72 bits per heavy atom. The average molecular weight is 248 g/mol. The molecule has 1 rings (SSSR count). The van der Waals surface area contributed by atoms with Gasteiger partial charge in [0.15, 0.2) is 0 Å². The van der Waals surface area contributed by atoms with Crippen LogP contribution in [-0.4, -0.2) is 30.6 Å². The van der Waals surface area contributed by atoms with Gasteiger partial charge in [0.2, 0.25) is 0 Å². The fourth-order valence-electron chi connectivity index (χ4n) is 2.52. The zero-order valence-electron chi connectivity index (χ0n) is 12.1. The maximum atomic E-state index is 6.23. The third kappa shape index (κ3) is 5.19. The molecule has 0 aromatic heterocycles. The van der Waals surface area contributed by atoms with E-state index >= 15 is 0 Å². The predicted molar refractivity (Wildman–Crippen MR) is 79.7 cm³/mol. The fraction of sp³-hybridized carbons (Fsp3) is 0.625. The molecule has 102 valence electrons. The van der Waals surface area contributed by atoms with Crippen molar-refractivity contribution in [1.82, 2.24) is 4.90 Å². The van der Waals surface area contributed by atoms with Gasteiger partial charge in [0, 0.05) is 18.6 Å². The standard InChI is InChI=1S/C16H28N2/c1-4-16(5-2)18(3)13-15(17)12-11-14-9-7-6-8-10-14/h6-10,15-16H,4-5,11-13,17H2,1-3H3. The van der Waals surface area contributed by atoms with E-state index in [1.165, 1.54) is 18.4 Å². The largest absolute Gasteiger partial charge is 0.327 e. The van der Waals surface area contributed by atoms with Gasteiger partial charge in [0.25, 0.3) is 0 Å². The Bertz CT molecular complexity index is 306. The first kappa shape index (κ1) is 15.2. The Balaban J connectivity index is 2.31. The van der Waals surface area contributed by atoms with Gasteiger partial charge in [-0.25, -0.2) is 0 Å². The van der Waals surface area contributed by atoms with Gasteiger partial charge in [-0.05, 0) is 38.3 Å². The van der Waals surface area contributed by atoms with Gasteiger partial charge in [0.1, 0.15) is 0 Å². The van der Waals surface area contributed by atoms with Crippen molar-refractivity contribution >= 4 is 0 Å². The van der Waals surface area contributed by atoms with E-state index in [4.69, 9.17) is 5.73 Å². The Morgan fingerprint density at radius 3 is 2.28 bits per heavy atom. The number of likely N-dealkylation sites (N-methyl/N-ethyl adjacent to an activating group) is 1. The SMILES string of the molecule is CCC(CC)N(C)CC(N)CCc1ccccc1. The lowest BCUT2D eigenvalue weighted by atomic mass is 10.0. The minimum atomic E-state index is 0.274. The molecule has 0 aliphatic carbocycles. The summed E-state index contributed by atoms with van der Waals surface area (Å²) in [5, 5.41) is 0. The smallest absolute Gasteiger partial charge is 0.0170 e. The van der Waals surface area contributed by atoms with E-state index < -0.39 is 0 Å². The van der Waals surface area contributed by atoms with Gasteiger partial charge in [-0.1, -0.05) is 44.2 Å². The van der Waals surface area contributed by atoms with Crippen LogP contribution in [0.5, 0.6) is 0 Å². The first-order valence-electron chi connectivity index (χ1n) is 7.17. The van der Waals surface area contributed by atoms with Crippen LogP contribution in [0, 0.1) is 0 Å². The van der Waals surface area contributed by atoms with Crippen molar-refractivity contribution in [2.45, 2.75) is 51.6 Å². The number of benzene rings is 1. The van der Waals surface area contributed by atoms with Crippen LogP contribution in [-0.2, 0) is 6.42 Å². The molecule has 2 N–H and O–H groups in total. The summed E-state index contributed by atoms with van der Waals surface area (Å²) in [4.78, 5) is 2.41. The molecule has 0 bridgehead atoms. The molecule has 2 heteroatoms. The van der Waals surface area contributed by atoms with Crippen molar-refractivity contribution in [3.05, 3.63) is 35.9 Å². The lowest BCUT2D eigenvalue weighted by molar-refractivity contribution is 0.214. The summed E-state index contributed by atoms with van der Waals surface area (Å²) < 4.78 is 0. The van der Waals surface area contributed by atoms with E-state index in [0.717, 1.165) is 19.4 Å². The fourth-order valence-corrected chi connectivity index (χ4v) is 2.52. The molecule has 0 aliphatic heterocycles. The number of nitrogens with zero attached hydrogens (tertiary/aromatic N) is 1. The third-order valence-corrected chi connectivity index (χ3v) is 3.73. The third-order valence-electron chi connectivity index (χ3n) is 3.73. The number of nitrogens with two attached hydrogens (primary N) is 1. The summed E-state index contributed by atoms with van der Waals surface area (Å²) in [7, 11) is 2.19. The zero-order chi connectivity index (χ0) is 13.4. The molecule has 0 spiro atoms. The second kappa shape index (κ2) is 8.28. The summed E-state index contributed by atoms with van der Waals surface area (Å²) in [6, 6.07) is 11.6. The second-order valence-corrected chi connectivity index (χ2v) is 5.19. The van der Waals surface area contributed by atoms with Crippen LogP contribution in [0.25, 0.3) is 0 Å². The maximum absolute atomic E-state index is 6.23. The van der Waals surface area contributed by atoms with E-state index in [2.05, 4.69) is 56.1 Å². The highest BCUT2D eigenvalue weighted by molar-refractivity contribution is 5.14. The molecular formula is C16H28N2. The van der Waals surface area contributed by atoms with E-state index in [-0.39, 0.29) is 6.04 Å². The van der Waals surface area contributed by atoms with Gasteiger partial charge in [0.05, 0.1) is 0 Å². The van der Waals surface area contributed by atoms with Crippen molar-refractivity contribution in [2.24, 2.45) is 5.73 Å². The lowest BCUT2D eigenvalue weighted by Crippen LogP contribution is -2.40. The van der Waals surface area contributed by atoms with Crippen LogP contribution < -0.4 is 5.73 Å². The Morgan fingerprint density at radius 1 is 1.11 bits per heavy atom. The minimum absolute atomic E-state index is 0.274. The monoisotopic (exact) mass is 248 g/mol. The van der Waals surface area contributed by atoms with Gasteiger partial charge >= 0.3 is 0 Å². The van der Waals surface area contributed by atoms with Crippen molar-refractivity contribution in [3.8, 4) is 0 Å². The Hall–Kier alpha value is -0.860. The van der Waals surface area contributed by atoms with Crippen molar-refractivity contribution in [1.29, 1.82) is 0 Å². The predicted octanol–water partition coefficient (Wildman–Crippen LogP) is 3.07. The molecule has 1 atom stereocenters. The van der Waals surface area contributed by atoms with Crippen LogP contribution >= 0.6 is 0 Å². The lowest BCUT2D eigenvalue weighted by Gasteiger charge is -2.28. The quantitative estimate of drug-likeness (QED) is 0.766. The summed E-state index contributed by atoms with van der Waals surface area (Å²) in [5.74, 6) is 0. The summed E-state index contributed by atoms with van der Waals surface area (Å²) in [6.45, 7) is 5.50.